The molecule has 1 unspecified atom stereocenters. The molecule has 0 aliphatic carbocycles. The first-order chi connectivity index (χ1) is 19.4. The van der Waals surface area contributed by atoms with Gasteiger partial charge in [0.2, 0.25) is 5.91 Å². The van der Waals surface area contributed by atoms with Crippen molar-refractivity contribution in [2.75, 3.05) is 45.5 Å². The molecule has 0 aliphatic rings. The van der Waals surface area contributed by atoms with Crippen molar-refractivity contribution in [3.63, 3.8) is 0 Å². The number of ether oxygens (including phenoxy) is 4. The minimum atomic E-state index is -4.36. The normalized spacial score (nSPS) is 12.2. The monoisotopic (exact) mass is 606 g/mol. The zero-order valence-electron chi connectivity index (χ0n) is 23.7. The summed E-state index contributed by atoms with van der Waals surface area (Å²) in [5, 5.41) is 2.86. The summed E-state index contributed by atoms with van der Waals surface area (Å²) in [7, 11) is -2.10. The van der Waals surface area contributed by atoms with Gasteiger partial charge in [-0.05, 0) is 48.4 Å². The van der Waals surface area contributed by atoms with Gasteiger partial charge in [-0.1, -0.05) is 19.1 Å². The lowest BCUT2D eigenvalue weighted by atomic mass is 10.0. The van der Waals surface area contributed by atoms with Crippen molar-refractivity contribution in [3.05, 3.63) is 66.2 Å². The Morgan fingerprint density at radius 2 is 1.37 bits per heavy atom. The molecule has 0 radical (unpaired) electrons. The smallest absolute Gasteiger partial charge is 0.265 e. The second kappa shape index (κ2) is 13.1. The Morgan fingerprint density at radius 3 is 1.90 bits per heavy atom. The highest BCUT2D eigenvalue weighted by molar-refractivity contribution is 7.93. The third-order valence-electron chi connectivity index (χ3n) is 6.34. The molecule has 0 aliphatic heterocycles. The first kappa shape index (κ1) is 31.6. The summed E-state index contributed by atoms with van der Waals surface area (Å²) in [6, 6.07) is 14.4. The van der Waals surface area contributed by atoms with E-state index in [0.717, 1.165) is 10.6 Å². The lowest BCUT2D eigenvalue weighted by molar-refractivity contribution is -0.120. The number of methoxy groups -OCH3 is 4. The molecule has 0 aromatic heterocycles. The van der Waals surface area contributed by atoms with Crippen molar-refractivity contribution in [3.8, 4) is 23.0 Å². The standard InChI is InChI=1S/C28H34N2O9S2/c1-7-23(19-8-11-21(12-9-19)40(6,32)33)29-28(31)18-30(24-16-20(36-2)10-14-25(24)37-3)41(34,35)22-13-15-26(38-4)27(17-22)39-5/h8-17,23H,7,18H2,1-6H3,(H,29,31). The first-order valence-corrected chi connectivity index (χ1v) is 15.8. The molecule has 0 heterocycles. The molecule has 3 rings (SSSR count). The topological polar surface area (TPSA) is 138 Å². The van der Waals surface area contributed by atoms with Crippen LogP contribution in [0.4, 0.5) is 5.69 Å². The van der Waals surface area contributed by atoms with Crippen LogP contribution in [-0.4, -0.2) is 64.0 Å². The minimum Gasteiger partial charge on any atom is -0.497 e. The highest BCUT2D eigenvalue weighted by Crippen LogP contribution is 2.37. The summed E-state index contributed by atoms with van der Waals surface area (Å²) in [6.45, 7) is 1.25. The number of sulfone groups is 1. The predicted octanol–water partition coefficient (Wildman–Crippen LogP) is 3.59. The van der Waals surface area contributed by atoms with Gasteiger partial charge in [0.25, 0.3) is 10.0 Å². The summed E-state index contributed by atoms with van der Waals surface area (Å²) < 4.78 is 74.0. The van der Waals surface area contributed by atoms with Crippen LogP contribution < -0.4 is 28.6 Å². The maximum Gasteiger partial charge on any atom is 0.265 e. The molecule has 0 saturated carbocycles. The van der Waals surface area contributed by atoms with Gasteiger partial charge in [0.1, 0.15) is 18.0 Å². The average molecular weight is 607 g/mol. The molecule has 41 heavy (non-hydrogen) atoms. The minimum absolute atomic E-state index is 0.0855. The number of hydrogen-bond acceptors (Lipinski definition) is 9. The number of anilines is 1. The number of hydrogen-bond donors (Lipinski definition) is 1. The predicted molar refractivity (Wildman–Crippen MR) is 154 cm³/mol. The molecular formula is C28H34N2O9S2. The van der Waals surface area contributed by atoms with Crippen molar-refractivity contribution in [1.82, 2.24) is 5.32 Å². The van der Waals surface area contributed by atoms with Gasteiger partial charge in [-0.15, -0.1) is 0 Å². The molecule has 11 nitrogen and oxygen atoms in total. The van der Waals surface area contributed by atoms with E-state index < -0.39 is 38.4 Å². The highest BCUT2D eigenvalue weighted by Gasteiger charge is 2.31. The molecular weight excluding hydrogens is 572 g/mol. The van der Waals surface area contributed by atoms with E-state index in [-0.39, 0.29) is 27.0 Å². The molecule has 0 fully saturated rings. The number of nitrogens with zero attached hydrogens (tertiary/aromatic N) is 1. The van der Waals surface area contributed by atoms with Crippen molar-refractivity contribution in [2.45, 2.75) is 29.2 Å². The number of benzene rings is 3. The van der Waals surface area contributed by atoms with Gasteiger partial charge in [-0.2, -0.15) is 0 Å². The van der Waals surface area contributed by atoms with E-state index in [4.69, 9.17) is 18.9 Å². The Morgan fingerprint density at radius 1 is 0.780 bits per heavy atom. The number of amides is 1. The van der Waals surface area contributed by atoms with Crippen LogP contribution in [0.2, 0.25) is 0 Å². The number of carbonyl (C=O) groups excluding carboxylic acids is 1. The lowest BCUT2D eigenvalue weighted by Crippen LogP contribution is -2.42. The van der Waals surface area contributed by atoms with Gasteiger partial charge in [-0.25, -0.2) is 16.8 Å². The van der Waals surface area contributed by atoms with E-state index in [1.165, 1.54) is 64.8 Å². The lowest BCUT2D eigenvalue weighted by Gasteiger charge is -2.27. The summed E-state index contributed by atoms with van der Waals surface area (Å²) >= 11 is 0. The van der Waals surface area contributed by atoms with Gasteiger partial charge in [-0.3, -0.25) is 9.10 Å². The summed E-state index contributed by atoms with van der Waals surface area (Å²) in [4.78, 5) is 13.4. The van der Waals surface area contributed by atoms with Crippen molar-refractivity contribution >= 4 is 31.5 Å². The van der Waals surface area contributed by atoms with E-state index >= 15 is 0 Å². The molecule has 3 aromatic carbocycles. The molecule has 0 bridgehead atoms. The summed E-state index contributed by atoms with van der Waals surface area (Å²) in [5.41, 5.74) is 0.754. The van der Waals surface area contributed by atoms with Crippen LogP contribution in [0.15, 0.2) is 70.5 Å². The molecule has 3 aromatic rings. The highest BCUT2D eigenvalue weighted by atomic mass is 32.2. The zero-order chi connectivity index (χ0) is 30.4. The van der Waals surface area contributed by atoms with Crippen molar-refractivity contribution in [2.24, 2.45) is 0 Å². The molecule has 1 atom stereocenters. The second-order valence-corrected chi connectivity index (χ2v) is 12.8. The first-order valence-electron chi connectivity index (χ1n) is 12.5. The Bertz CT molecular complexity index is 1590. The summed E-state index contributed by atoms with van der Waals surface area (Å²) in [5.74, 6) is 0.483. The maximum absolute atomic E-state index is 14.1. The third kappa shape index (κ3) is 7.22. The Labute approximate surface area is 241 Å². The molecule has 0 spiro atoms. The van der Waals surface area contributed by atoms with Gasteiger partial charge >= 0.3 is 0 Å². The van der Waals surface area contributed by atoms with Crippen LogP contribution in [-0.2, 0) is 24.7 Å². The number of carbonyl (C=O) groups is 1. The average Bonchev–Trinajstić information content (AvgIpc) is 2.97. The van der Waals surface area contributed by atoms with E-state index in [1.54, 1.807) is 24.3 Å². The largest absolute Gasteiger partial charge is 0.497 e. The van der Waals surface area contributed by atoms with Crippen molar-refractivity contribution < 1.29 is 40.6 Å². The second-order valence-electron chi connectivity index (χ2n) is 8.94. The number of sulfonamides is 1. The molecule has 1 amide bonds. The molecule has 1 N–H and O–H groups in total. The molecule has 0 saturated heterocycles. The van der Waals surface area contributed by atoms with Crippen LogP contribution in [0.5, 0.6) is 23.0 Å². The van der Waals surface area contributed by atoms with E-state index in [9.17, 15) is 21.6 Å². The molecule has 13 heteroatoms. The van der Waals surface area contributed by atoms with Crippen LogP contribution in [0, 0.1) is 0 Å². The zero-order valence-corrected chi connectivity index (χ0v) is 25.3. The Kier molecular flexibility index (Phi) is 10.1. The fraction of sp³-hybridized carbons (Fsp3) is 0.321. The van der Waals surface area contributed by atoms with Gasteiger partial charge in [0, 0.05) is 18.4 Å². The fourth-order valence-corrected chi connectivity index (χ4v) is 6.20. The van der Waals surface area contributed by atoms with Crippen LogP contribution in [0.25, 0.3) is 0 Å². The van der Waals surface area contributed by atoms with E-state index in [1.807, 2.05) is 6.92 Å². The Hall–Kier alpha value is -3.97. The summed E-state index contributed by atoms with van der Waals surface area (Å²) in [6.07, 6.45) is 1.58. The van der Waals surface area contributed by atoms with Crippen molar-refractivity contribution in [1.29, 1.82) is 0 Å². The van der Waals surface area contributed by atoms with Crippen LogP contribution in [0.3, 0.4) is 0 Å². The fourth-order valence-electron chi connectivity index (χ4n) is 4.13. The van der Waals surface area contributed by atoms with Crippen LogP contribution in [0.1, 0.15) is 24.9 Å². The van der Waals surface area contributed by atoms with Crippen LogP contribution >= 0.6 is 0 Å². The number of rotatable bonds is 13. The maximum atomic E-state index is 14.1. The van der Waals surface area contributed by atoms with E-state index in [2.05, 4.69) is 5.32 Å². The molecule has 222 valence electrons. The number of nitrogens with one attached hydrogen (secondary N) is 1. The third-order valence-corrected chi connectivity index (χ3v) is 9.22. The quantitative estimate of drug-likeness (QED) is 0.309. The van der Waals surface area contributed by atoms with Gasteiger partial charge in [0.15, 0.2) is 21.3 Å². The SMILES string of the molecule is CCC(NC(=O)CN(c1cc(OC)ccc1OC)S(=O)(=O)c1ccc(OC)c(OC)c1)c1ccc(S(C)(=O)=O)cc1. The van der Waals surface area contributed by atoms with Gasteiger partial charge in [0.05, 0.1) is 50.0 Å². The van der Waals surface area contributed by atoms with E-state index in [0.29, 0.717) is 23.5 Å². The van der Waals surface area contributed by atoms with Gasteiger partial charge < -0.3 is 24.3 Å². The Balaban J connectivity index is 2.04.